The number of hydrogen-bond acceptors (Lipinski definition) is 6. The maximum atomic E-state index is 13.6. The van der Waals surface area contributed by atoms with Crippen LogP contribution in [-0.4, -0.2) is 47.9 Å². The van der Waals surface area contributed by atoms with E-state index in [9.17, 15) is 4.39 Å². The Bertz CT molecular complexity index is 1280. The summed E-state index contributed by atoms with van der Waals surface area (Å²) in [6.07, 6.45) is 5.65. The van der Waals surface area contributed by atoms with E-state index in [4.69, 9.17) is 26.9 Å². The molecule has 3 aliphatic rings. The van der Waals surface area contributed by atoms with Crippen molar-refractivity contribution in [2.45, 2.75) is 50.6 Å². The normalized spacial score (nSPS) is 18.5. The molecule has 0 unspecified atom stereocenters. The highest BCUT2D eigenvalue weighted by Crippen LogP contribution is 2.39. The fraction of sp³-hybridized carbons (Fsp3) is 0.433. The van der Waals surface area contributed by atoms with Crippen molar-refractivity contribution in [2.75, 3.05) is 48.0 Å². The lowest BCUT2D eigenvalue weighted by Crippen LogP contribution is -2.43. The smallest absolute Gasteiger partial charge is 0.232 e. The van der Waals surface area contributed by atoms with Crippen LogP contribution in [0.15, 0.2) is 54.6 Å². The van der Waals surface area contributed by atoms with Gasteiger partial charge in [-0.1, -0.05) is 55.7 Å². The minimum Gasteiger partial charge on any atom is -0.378 e. The third-order valence-electron chi connectivity index (χ3n) is 8.28. The van der Waals surface area contributed by atoms with Crippen molar-refractivity contribution in [3.05, 3.63) is 77.1 Å². The Morgan fingerprint density at radius 1 is 0.897 bits per heavy atom. The van der Waals surface area contributed by atoms with E-state index in [1.165, 1.54) is 23.1 Å². The van der Waals surface area contributed by atoms with Crippen LogP contribution in [0.5, 0.6) is 0 Å². The lowest BCUT2D eigenvalue weighted by molar-refractivity contribution is 0.122. The van der Waals surface area contributed by atoms with Crippen molar-refractivity contribution < 1.29 is 9.13 Å². The molecule has 2 N–H and O–H groups in total. The van der Waals surface area contributed by atoms with Gasteiger partial charge in [-0.05, 0) is 53.9 Å². The topological polar surface area (TPSA) is 65.6 Å². The largest absolute Gasteiger partial charge is 0.378 e. The highest BCUT2D eigenvalue weighted by Gasteiger charge is 2.34. The molecule has 2 aromatic carbocycles. The van der Waals surface area contributed by atoms with Crippen molar-refractivity contribution >= 4 is 34.9 Å². The van der Waals surface area contributed by atoms with Gasteiger partial charge in [-0.2, -0.15) is 9.97 Å². The van der Waals surface area contributed by atoms with E-state index in [0.717, 1.165) is 63.5 Å². The average molecular weight is 547 g/mol. The van der Waals surface area contributed by atoms with Crippen LogP contribution < -0.4 is 20.4 Å². The number of benzene rings is 2. The molecule has 3 heterocycles. The maximum Gasteiger partial charge on any atom is 0.232 e. The fourth-order valence-corrected chi connectivity index (χ4v) is 6.25. The molecule has 2 aliphatic heterocycles. The number of hydrogen-bond donors (Lipinski definition) is 2. The van der Waals surface area contributed by atoms with Gasteiger partial charge in [0.15, 0.2) is 5.11 Å². The van der Waals surface area contributed by atoms with Gasteiger partial charge in [0.25, 0.3) is 0 Å². The molecule has 7 nitrogen and oxygen atoms in total. The third-order valence-corrected chi connectivity index (χ3v) is 8.53. The Morgan fingerprint density at radius 2 is 1.54 bits per heavy atom. The minimum absolute atomic E-state index is 0.0688. The first-order valence-electron chi connectivity index (χ1n) is 13.9. The number of thiocarbonyl (C=S) groups is 1. The van der Waals surface area contributed by atoms with Crippen LogP contribution in [0.3, 0.4) is 0 Å². The average Bonchev–Trinajstić information content (AvgIpc) is 3.42. The Hall–Kier alpha value is -3.30. The first-order chi connectivity index (χ1) is 19.1. The number of ether oxygens (including phenoxy) is 1. The third kappa shape index (κ3) is 5.84. The second-order valence-electron chi connectivity index (χ2n) is 10.8. The van der Waals surface area contributed by atoms with Crippen LogP contribution in [0.2, 0.25) is 0 Å². The zero-order valence-electron chi connectivity index (χ0n) is 22.2. The molecule has 3 aromatic rings. The number of morpholine rings is 1. The molecule has 0 radical (unpaired) electrons. The van der Waals surface area contributed by atoms with E-state index in [0.29, 0.717) is 30.8 Å². The highest BCUT2D eigenvalue weighted by molar-refractivity contribution is 7.80. The Labute approximate surface area is 234 Å². The van der Waals surface area contributed by atoms with E-state index in [1.807, 2.05) is 12.1 Å². The molecule has 1 aliphatic carbocycles. The van der Waals surface area contributed by atoms with E-state index in [1.54, 1.807) is 12.1 Å². The second-order valence-corrected chi connectivity index (χ2v) is 11.2. The predicted molar refractivity (Wildman–Crippen MR) is 157 cm³/mol. The Balaban J connectivity index is 1.20. The van der Waals surface area contributed by atoms with Crippen molar-refractivity contribution in [2.24, 2.45) is 0 Å². The summed E-state index contributed by atoms with van der Waals surface area (Å²) in [7, 11) is 0. The first kappa shape index (κ1) is 26.0. The Kier molecular flexibility index (Phi) is 7.61. The fourth-order valence-electron chi connectivity index (χ4n) is 6.08. The van der Waals surface area contributed by atoms with Gasteiger partial charge in [-0.3, -0.25) is 0 Å². The second kappa shape index (κ2) is 11.4. The lowest BCUT2D eigenvalue weighted by Gasteiger charge is -2.38. The number of fused-ring (bicyclic) bond motifs is 1. The highest BCUT2D eigenvalue weighted by atomic mass is 32.1. The van der Waals surface area contributed by atoms with Crippen molar-refractivity contribution in [1.82, 2.24) is 15.3 Å². The van der Waals surface area contributed by atoms with Gasteiger partial charge in [-0.15, -0.1) is 0 Å². The minimum atomic E-state index is -0.205. The van der Waals surface area contributed by atoms with Crippen LogP contribution in [-0.2, 0) is 23.2 Å². The molecule has 0 spiro atoms. The van der Waals surface area contributed by atoms with Gasteiger partial charge in [0.2, 0.25) is 5.95 Å². The number of nitrogens with zero attached hydrogens (tertiary/aromatic N) is 4. The summed E-state index contributed by atoms with van der Waals surface area (Å²) >= 11 is 5.75. The number of aromatic nitrogens is 2. The summed E-state index contributed by atoms with van der Waals surface area (Å²) in [6, 6.07) is 17.6. The van der Waals surface area contributed by atoms with Gasteiger partial charge >= 0.3 is 0 Å². The van der Waals surface area contributed by atoms with Crippen LogP contribution in [0.1, 0.15) is 48.8 Å². The van der Waals surface area contributed by atoms with Gasteiger partial charge in [-0.25, -0.2) is 4.39 Å². The van der Waals surface area contributed by atoms with Crippen LogP contribution >= 0.6 is 12.2 Å². The lowest BCUT2D eigenvalue weighted by atomic mass is 9.69. The SMILES string of the molecule is Fc1ccc(C2(CNC(=S)Nc3nc(N4CCOCC4)cc(N4Cc5ccccc5C4)n3)CCCCC2)cc1. The number of anilines is 3. The molecule has 2 fully saturated rings. The monoisotopic (exact) mass is 546 g/mol. The molecule has 0 amide bonds. The zero-order chi connectivity index (χ0) is 26.7. The van der Waals surface area contributed by atoms with Crippen LogP contribution in [0, 0.1) is 5.82 Å². The van der Waals surface area contributed by atoms with Crippen LogP contribution in [0.4, 0.5) is 22.0 Å². The Morgan fingerprint density at radius 3 is 2.21 bits per heavy atom. The molecular formula is C30H35FN6OS. The van der Waals surface area contributed by atoms with Crippen molar-refractivity contribution in [3.8, 4) is 0 Å². The van der Waals surface area contributed by atoms with E-state index < -0.39 is 0 Å². The van der Waals surface area contributed by atoms with Crippen LogP contribution in [0.25, 0.3) is 0 Å². The molecule has 0 bridgehead atoms. The maximum absolute atomic E-state index is 13.6. The van der Waals surface area contributed by atoms with Gasteiger partial charge < -0.3 is 25.2 Å². The summed E-state index contributed by atoms with van der Waals surface area (Å²) in [5, 5.41) is 7.23. The molecule has 6 rings (SSSR count). The summed E-state index contributed by atoms with van der Waals surface area (Å²) in [5.74, 6) is 2.04. The molecule has 39 heavy (non-hydrogen) atoms. The predicted octanol–water partition coefficient (Wildman–Crippen LogP) is 5.16. The summed E-state index contributed by atoms with van der Waals surface area (Å²) in [5.41, 5.74) is 3.75. The summed E-state index contributed by atoms with van der Waals surface area (Å²) in [6.45, 7) is 5.27. The van der Waals surface area contributed by atoms with Gasteiger partial charge in [0.05, 0.1) is 13.2 Å². The van der Waals surface area contributed by atoms with Gasteiger partial charge in [0.1, 0.15) is 17.5 Å². The van der Waals surface area contributed by atoms with Crippen molar-refractivity contribution in [3.63, 3.8) is 0 Å². The quantitative estimate of drug-likeness (QED) is 0.411. The number of halogens is 1. The standard InChI is InChI=1S/C30H35FN6OS/c31-25-10-8-24(9-11-25)30(12-4-1-5-13-30)21-32-29(39)35-28-33-26(36-14-16-38-17-15-36)18-27(34-28)37-19-22-6-2-3-7-23(22)20-37/h2-3,6-11,18H,1,4-5,12-17,19-21H2,(H2,32,33,34,35,39). The summed E-state index contributed by atoms with van der Waals surface area (Å²) < 4.78 is 19.2. The molecule has 1 saturated carbocycles. The number of nitrogens with one attached hydrogen (secondary N) is 2. The molecule has 9 heteroatoms. The summed E-state index contributed by atoms with van der Waals surface area (Å²) in [4.78, 5) is 14.3. The van der Waals surface area contributed by atoms with Crippen molar-refractivity contribution in [1.29, 1.82) is 0 Å². The number of rotatable bonds is 6. The molecule has 1 aromatic heterocycles. The van der Waals surface area contributed by atoms with E-state index >= 15 is 0 Å². The molecule has 204 valence electrons. The molecule has 0 atom stereocenters. The van der Waals surface area contributed by atoms with E-state index in [-0.39, 0.29) is 11.2 Å². The van der Waals surface area contributed by atoms with E-state index in [2.05, 4.69) is 50.8 Å². The molecule has 1 saturated heterocycles. The zero-order valence-corrected chi connectivity index (χ0v) is 23.0. The van der Waals surface area contributed by atoms with Gasteiger partial charge in [0, 0.05) is 44.2 Å². The first-order valence-corrected chi connectivity index (χ1v) is 14.3. The molecular weight excluding hydrogens is 511 g/mol.